The summed E-state index contributed by atoms with van der Waals surface area (Å²) in [6.45, 7) is -0.225. The Labute approximate surface area is 488 Å². The van der Waals surface area contributed by atoms with Crippen LogP contribution >= 0.6 is 11.3 Å². The van der Waals surface area contributed by atoms with E-state index in [1.165, 1.54) is 104 Å². The van der Waals surface area contributed by atoms with Gasteiger partial charge in [0, 0.05) is 60.8 Å². The molecule has 0 spiro atoms. The van der Waals surface area contributed by atoms with Crippen LogP contribution in [0, 0.1) is 0 Å². The van der Waals surface area contributed by atoms with E-state index in [0.717, 1.165) is 39.7 Å². The number of thiophene rings is 1. The van der Waals surface area contributed by atoms with Gasteiger partial charge in [-0.15, -0.1) is 11.3 Å². The lowest BCUT2D eigenvalue weighted by Gasteiger charge is -2.46. The first kappa shape index (κ1) is 48.5. The molecule has 5 heteroatoms. The zero-order chi connectivity index (χ0) is 54.8. The standard InChI is InChI=1S/C78H52BN3S/c1-6-20-53(21-7-1)58-36-41-63(42-37-58)80(64-43-38-59(39-44-64)54-22-8-2-9-23-54)66-45-46-72-74(51-66)81(65-32-18-30-60(48-65)55-24-10-3-11-25-55)77-76-70(52-71-68-34-16-17-35-75(68)83-78(71)77)69-50-62(57-28-14-5-15-29-57)40-47-73(69)82(79(72)76)67-33-19-31-61(49-67)56-26-12-4-13-27-56/h1-52H. The van der Waals surface area contributed by atoms with Crippen molar-refractivity contribution in [2.45, 2.75) is 0 Å². The SMILES string of the molecule is c1ccc(-c2ccc(N(c3ccc(-c4ccccc4)cc3)c3ccc4c(c3)N(c3cccc(-c5ccccc5)c3)c3c5c(cc6c3sc3ccccc36)-c3cc(-c6ccccc6)ccc3N(c3cccc(-c6ccccc6)c3)B45)cc2)cc1. The lowest BCUT2D eigenvalue weighted by Crippen LogP contribution is -2.61. The van der Waals surface area contributed by atoms with Crippen molar-refractivity contribution in [3.8, 4) is 66.8 Å². The monoisotopic (exact) mass is 1070 g/mol. The molecule has 0 fully saturated rings. The van der Waals surface area contributed by atoms with Crippen LogP contribution < -0.4 is 25.5 Å². The van der Waals surface area contributed by atoms with Crippen molar-refractivity contribution in [3.05, 3.63) is 315 Å². The maximum atomic E-state index is 2.65. The molecule has 2 aliphatic rings. The highest BCUT2D eigenvalue weighted by Gasteiger charge is 2.46. The smallest absolute Gasteiger partial charge is 0.333 e. The number of anilines is 8. The van der Waals surface area contributed by atoms with Gasteiger partial charge in [0.15, 0.2) is 0 Å². The molecule has 0 saturated carbocycles. The van der Waals surface area contributed by atoms with Gasteiger partial charge in [-0.05, 0) is 157 Å². The average molecular weight is 1070 g/mol. The predicted octanol–water partition coefficient (Wildman–Crippen LogP) is 20.6. The average Bonchev–Trinajstić information content (AvgIpc) is 1.89. The van der Waals surface area contributed by atoms with E-state index in [1.54, 1.807) is 0 Å². The van der Waals surface area contributed by atoms with Gasteiger partial charge < -0.3 is 14.6 Å². The number of rotatable bonds is 10. The molecule has 83 heavy (non-hydrogen) atoms. The summed E-state index contributed by atoms with van der Waals surface area (Å²) in [5.74, 6) is 0. The van der Waals surface area contributed by atoms with E-state index in [9.17, 15) is 0 Å². The number of benzene rings is 13. The van der Waals surface area contributed by atoms with Crippen molar-refractivity contribution >= 4 is 94.8 Å². The molecule has 0 bridgehead atoms. The molecule has 2 aliphatic heterocycles. The molecule has 16 rings (SSSR count). The number of hydrogen-bond acceptors (Lipinski definition) is 4. The molecule has 0 N–H and O–H groups in total. The van der Waals surface area contributed by atoms with Gasteiger partial charge in [0.1, 0.15) is 0 Å². The van der Waals surface area contributed by atoms with Gasteiger partial charge in [0.05, 0.1) is 10.4 Å². The van der Waals surface area contributed by atoms with Crippen molar-refractivity contribution in [3.63, 3.8) is 0 Å². The Morgan fingerprint density at radius 3 is 1.31 bits per heavy atom. The summed E-state index contributed by atoms with van der Waals surface area (Å²) in [5.41, 5.74) is 25.7. The first-order valence-electron chi connectivity index (χ1n) is 28.5. The number of fused-ring (bicyclic) bond motifs is 8. The van der Waals surface area contributed by atoms with Crippen molar-refractivity contribution < 1.29 is 0 Å². The highest BCUT2D eigenvalue weighted by atomic mass is 32.1. The van der Waals surface area contributed by atoms with Crippen LogP contribution in [0.5, 0.6) is 0 Å². The van der Waals surface area contributed by atoms with Crippen molar-refractivity contribution in [2.75, 3.05) is 14.6 Å². The lowest BCUT2D eigenvalue weighted by atomic mass is 9.43. The summed E-state index contributed by atoms with van der Waals surface area (Å²) in [6.07, 6.45) is 0. The van der Waals surface area contributed by atoms with Crippen molar-refractivity contribution in [2.24, 2.45) is 0 Å². The van der Waals surface area contributed by atoms with Crippen LogP contribution in [0.15, 0.2) is 315 Å². The van der Waals surface area contributed by atoms with Gasteiger partial charge in [0.25, 0.3) is 0 Å². The van der Waals surface area contributed by atoms with Gasteiger partial charge in [-0.1, -0.05) is 231 Å². The zero-order valence-corrected chi connectivity index (χ0v) is 46.2. The summed E-state index contributed by atoms with van der Waals surface area (Å²) in [7, 11) is 0. The molecule has 0 unspecified atom stereocenters. The Kier molecular flexibility index (Phi) is 11.8. The van der Waals surface area contributed by atoms with E-state index in [2.05, 4.69) is 330 Å². The van der Waals surface area contributed by atoms with Crippen molar-refractivity contribution in [1.29, 1.82) is 0 Å². The minimum atomic E-state index is -0.225. The lowest BCUT2D eigenvalue weighted by molar-refractivity contribution is 1.25. The summed E-state index contributed by atoms with van der Waals surface area (Å²) < 4.78 is 2.53. The van der Waals surface area contributed by atoms with Gasteiger partial charge in [-0.25, -0.2) is 0 Å². The topological polar surface area (TPSA) is 9.72 Å². The van der Waals surface area contributed by atoms with Gasteiger partial charge in [-0.3, -0.25) is 0 Å². The summed E-state index contributed by atoms with van der Waals surface area (Å²) in [5, 5.41) is 2.53. The summed E-state index contributed by atoms with van der Waals surface area (Å²) in [4.78, 5) is 7.71. The van der Waals surface area contributed by atoms with Crippen LogP contribution in [-0.4, -0.2) is 6.85 Å². The predicted molar refractivity (Wildman–Crippen MR) is 355 cm³/mol. The summed E-state index contributed by atoms with van der Waals surface area (Å²) in [6, 6.07) is 116. The Morgan fingerprint density at radius 2 is 0.747 bits per heavy atom. The fourth-order valence-electron chi connectivity index (χ4n) is 12.9. The van der Waals surface area contributed by atoms with Crippen LogP contribution in [0.2, 0.25) is 0 Å². The second kappa shape index (κ2) is 20.3. The Bertz CT molecular complexity index is 4640. The highest BCUT2D eigenvalue weighted by Crippen LogP contribution is 2.54. The number of hydrogen-bond donors (Lipinski definition) is 0. The largest absolute Gasteiger partial charge is 0.376 e. The minimum absolute atomic E-state index is 0.225. The van der Waals surface area contributed by atoms with Gasteiger partial charge in [0.2, 0.25) is 0 Å². The molecule has 1 aromatic heterocycles. The normalized spacial score (nSPS) is 12.3. The molecule has 0 aliphatic carbocycles. The van der Waals surface area contributed by atoms with E-state index in [1.807, 2.05) is 11.3 Å². The summed E-state index contributed by atoms with van der Waals surface area (Å²) >= 11 is 1.91. The van der Waals surface area contributed by atoms with E-state index >= 15 is 0 Å². The molecular formula is C78H52BN3S. The highest BCUT2D eigenvalue weighted by molar-refractivity contribution is 7.26. The molecule has 0 atom stereocenters. The first-order chi connectivity index (χ1) is 41.2. The molecule has 388 valence electrons. The minimum Gasteiger partial charge on any atom is -0.376 e. The Balaban J connectivity index is 0.993. The van der Waals surface area contributed by atoms with Crippen LogP contribution in [-0.2, 0) is 0 Å². The molecule has 0 amide bonds. The zero-order valence-electron chi connectivity index (χ0n) is 45.3. The third kappa shape index (κ3) is 8.43. The molecule has 3 nitrogen and oxygen atoms in total. The van der Waals surface area contributed by atoms with E-state index in [0.29, 0.717) is 0 Å². The van der Waals surface area contributed by atoms with Crippen LogP contribution in [0.25, 0.3) is 86.9 Å². The number of nitrogens with zero attached hydrogens (tertiary/aromatic N) is 3. The molecule has 14 aromatic rings. The first-order valence-corrected chi connectivity index (χ1v) is 29.3. The second-order valence-corrected chi connectivity index (χ2v) is 22.7. The maximum absolute atomic E-state index is 2.65. The third-order valence-corrected chi connectivity index (χ3v) is 18.0. The Hall–Kier alpha value is -10.5. The second-order valence-electron chi connectivity index (χ2n) is 21.6. The van der Waals surface area contributed by atoms with Crippen molar-refractivity contribution in [1.82, 2.24) is 0 Å². The maximum Gasteiger partial charge on any atom is 0.333 e. The van der Waals surface area contributed by atoms with E-state index < -0.39 is 0 Å². The van der Waals surface area contributed by atoms with E-state index in [-0.39, 0.29) is 6.85 Å². The molecule has 0 radical (unpaired) electrons. The van der Waals surface area contributed by atoms with Gasteiger partial charge >= 0.3 is 6.85 Å². The molecule has 13 aromatic carbocycles. The molecule has 0 saturated heterocycles. The van der Waals surface area contributed by atoms with Crippen LogP contribution in [0.1, 0.15) is 0 Å². The van der Waals surface area contributed by atoms with E-state index in [4.69, 9.17) is 0 Å². The van der Waals surface area contributed by atoms with Crippen LogP contribution in [0.4, 0.5) is 45.5 Å². The van der Waals surface area contributed by atoms with Crippen LogP contribution in [0.3, 0.4) is 0 Å². The quantitative estimate of drug-likeness (QED) is 0.126. The molecular weight excluding hydrogens is 1020 g/mol. The Morgan fingerprint density at radius 1 is 0.301 bits per heavy atom. The van der Waals surface area contributed by atoms with Gasteiger partial charge in [-0.2, -0.15) is 0 Å². The fourth-order valence-corrected chi connectivity index (χ4v) is 14.2. The third-order valence-electron chi connectivity index (χ3n) is 16.8. The molecule has 3 heterocycles. The fraction of sp³-hybridized carbons (Fsp3) is 0.